The molecule has 24 heavy (non-hydrogen) atoms. The zero-order valence-electron chi connectivity index (χ0n) is 14.9. The number of aliphatic hydroxyl groups excluding tert-OH is 2. The van der Waals surface area contributed by atoms with Crippen molar-refractivity contribution in [1.29, 1.82) is 0 Å². The van der Waals surface area contributed by atoms with E-state index in [2.05, 4.69) is 19.1 Å². The Bertz CT molecular complexity index is 385. The van der Waals surface area contributed by atoms with Crippen LogP contribution in [-0.4, -0.2) is 33.5 Å². The molecule has 0 heterocycles. The molecule has 2 atom stereocenters. The molecule has 0 aromatic carbocycles. The molecular weight excluding hydrogens is 304 g/mol. The van der Waals surface area contributed by atoms with Gasteiger partial charge in [0.05, 0.1) is 12.2 Å². The largest absolute Gasteiger partial charge is 0.481 e. The number of carboxylic acid groups (broad SMARTS) is 1. The van der Waals surface area contributed by atoms with E-state index in [1.165, 1.54) is 0 Å². The van der Waals surface area contributed by atoms with Gasteiger partial charge in [0.25, 0.3) is 0 Å². The van der Waals surface area contributed by atoms with Crippen LogP contribution in [0.1, 0.15) is 71.1 Å². The molecule has 0 saturated carbocycles. The Morgan fingerprint density at radius 2 is 1.50 bits per heavy atom. The summed E-state index contributed by atoms with van der Waals surface area (Å²) in [6.45, 7) is 2.12. The molecule has 0 unspecified atom stereocenters. The Morgan fingerprint density at radius 3 is 2.12 bits per heavy atom. The molecule has 0 rings (SSSR count). The van der Waals surface area contributed by atoms with E-state index in [1.54, 1.807) is 0 Å². The molecular formula is C20H34O4. The first-order chi connectivity index (χ1) is 11.6. The van der Waals surface area contributed by atoms with Crippen molar-refractivity contribution in [3.05, 3.63) is 36.5 Å². The van der Waals surface area contributed by atoms with Crippen LogP contribution in [0.15, 0.2) is 36.5 Å². The molecule has 0 aromatic heterocycles. The molecule has 0 aliphatic rings. The van der Waals surface area contributed by atoms with E-state index in [0.29, 0.717) is 19.3 Å². The SMILES string of the molecule is CCCCC[C@H](O)[C@@H](O)C/C=C/C/C=C/C/C=C/CCCC(=O)O. The topological polar surface area (TPSA) is 77.8 Å². The Morgan fingerprint density at radius 1 is 0.875 bits per heavy atom. The summed E-state index contributed by atoms with van der Waals surface area (Å²) in [6, 6.07) is 0. The molecule has 4 nitrogen and oxygen atoms in total. The highest BCUT2D eigenvalue weighted by atomic mass is 16.4. The molecule has 0 saturated heterocycles. The summed E-state index contributed by atoms with van der Waals surface area (Å²) in [4.78, 5) is 10.3. The second kappa shape index (κ2) is 16.5. The molecule has 0 amide bonds. The van der Waals surface area contributed by atoms with E-state index < -0.39 is 18.2 Å². The van der Waals surface area contributed by atoms with Crippen LogP contribution < -0.4 is 0 Å². The average Bonchev–Trinajstić information content (AvgIpc) is 2.55. The van der Waals surface area contributed by atoms with Crippen LogP contribution in [0.4, 0.5) is 0 Å². The number of hydrogen-bond acceptors (Lipinski definition) is 3. The van der Waals surface area contributed by atoms with Gasteiger partial charge in [-0.15, -0.1) is 0 Å². The maximum Gasteiger partial charge on any atom is 0.303 e. The molecule has 4 heteroatoms. The van der Waals surface area contributed by atoms with Crippen molar-refractivity contribution in [2.75, 3.05) is 0 Å². The second-order valence-electron chi connectivity index (χ2n) is 6.04. The van der Waals surface area contributed by atoms with Crippen LogP contribution >= 0.6 is 0 Å². The van der Waals surface area contributed by atoms with E-state index in [4.69, 9.17) is 5.11 Å². The molecule has 0 aliphatic carbocycles. The van der Waals surface area contributed by atoms with Crippen molar-refractivity contribution in [1.82, 2.24) is 0 Å². The monoisotopic (exact) mass is 338 g/mol. The van der Waals surface area contributed by atoms with Crippen molar-refractivity contribution >= 4 is 5.97 Å². The minimum absolute atomic E-state index is 0.226. The number of allylic oxidation sites excluding steroid dienone is 5. The Hall–Kier alpha value is -1.39. The number of hydrogen-bond donors (Lipinski definition) is 3. The molecule has 0 radical (unpaired) electrons. The predicted octanol–water partition coefficient (Wildman–Crippen LogP) is 4.38. The molecule has 0 spiro atoms. The minimum atomic E-state index is -0.742. The highest BCUT2D eigenvalue weighted by Gasteiger charge is 2.13. The summed E-state index contributed by atoms with van der Waals surface area (Å²) in [7, 11) is 0. The van der Waals surface area contributed by atoms with Gasteiger partial charge >= 0.3 is 5.97 Å². The van der Waals surface area contributed by atoms with Gasteiger partial charge in [0, 0.05) is 6.42 Å². The van der Waals surface area contributed by atoms with Gasteiger partial charge in [-0.2, -0.15) is 0 Å². The van der Waals surface area contributed by atoms with Crippen LogP contribution in [0.3, 0.4) is 0 Å². The number of carboxylic acids is 1. The van der Waals surface area contributed by atoms with Gasteiger partial charge in [-0.05, 0) is 38.5 Å². The van der Waals surface area contributed by atoms with Gasteiger partial charge in [-0.1, -0.05) is 62.6 Å². The van der Waals surface area contributed by atoms with E-state index in [0.717, 1.165) is 38.5 Å². The fourth-order valence-corrected chi connectivity index (χ4v) is 2.22. The van der Waals surface area contributed by atoms with Crippen LogP contribution in [0.25, 0.3) is 0 Å². The lowest BCUT2D eigenvalue weighted by molar-refractivity contribution is -0.137. The third kappa shape index (κ3) is 15.5. The van der Waals surface area contributed by atoms with Crippen LogP contribution in [0.5, 0.6) is 0 Å². The second-order valence-corrected chi connectivity index (χ2v) is 6.04. The summed E-state index contributed by atoms with van der Waals surface area (Å²) in [6.07, 6.45) is 18.5. The van der Waals surface area contributed by atoms with E-state index >= 15 is 0 Å². The highest BCUT2D eigenvalue weighted by Crippen LogP contribution is 2.10. The Labute approximate surface area is 146 Å². The molecule has 0 aromatic rings. The van der Waals surface area contributed by atoms with Crippen molar-refractivity contribution in [2.45, 2.75) is 83.3 Å². The number of unbranched alkanes of at least 4 members (excludes halogenated alkanes) is 3. The zero-order chi connectivity index (χ0) is 18.0. The lowest BCUT2D eigenvalue weighted by Crippen LogP contribution is -2.25. The zero-order valence-corrected chi connectivity index (χ0v) is 14.9. The van der Waals surface area contributed by atoms with Crippen molar-refractivity contribution in [3.63, 3.8) is 0 Å². The van der Waals surface area contributed by atoms with Gasteiger partial charge in [0.15, 0.2) is 0 Å². The minimum Gasteiger partial charge on any atom is -0.481 e. The van der Waals surface area contributed by atoms with Gasteiger partial charge in [0.2, 0.25) is 0 Å². The highest BCUT2D eigenvalue weighted by molar-refractivity contribution is 5.66. The lowest BCUT2D eigenvalue weighted by atomic mass is 10.0. The van der Waals surface area contributed by atoms with Crippen molar-refractivity contribution in [3.8, 4) is 0 Å². The van der Waals surface area contributed by atoms with Gasteiger partial charge < -0.3 is 15.3 Å². The Kier molecular flexibility index (Phi) is 15.5. The average molecular weight is 338 g/mol. The lowest BCUT2D eigenvalue weighted by Gasteiger charge is -2.15. The Balaban J connectivity index is 3.62. The normalized spacial score (nSPS) is 14.8. The quantitative estimate of drug-likeness (QED) is 0.306. The first-order valence-electron chi connectivity index (χ1n) is 9.10. The van der Waals surface area contributed by atoms with Gasteiger partial charge in [-0.3, -0.25) is 4.79 Å². The fraction of sp³-hybridized carbons (Fsp3) is 0.650. The van der Waals surface area contributed by atoms with Crippen LogP contribution in [0.2, 0.25) is 0 Å². The summed E-state index contributed by atoms with van der Waals surface area (Å²) in [5.41, 5.74) is 0. The van der Waals surface area contributed by atoms with E-state index in [1.807, 2.05) is 24.3 Å². The third-order valence-electron chi connectivity index (χ3n) is 3.73. The number of aliphatic hydroxyl groups is 2. The molecule has 0 bridgehead atoms. The molecule has 0 aliphatic heterocycles. The third-order valence-corrected chi connectivity index (χ3v) is 3.73. The summed E-state index contributed by atoms with van der Waals surface area (Å²) in [5, 5.41) is 28.1. The number of rotatable bonds is 15. The smallest absolute Gasteiger partial charge is 0.303 e. The summed E-state index contributed by atoms with van der Waals surface area (Å²) >= 11 is 0. The fourth-order valence-electron chi connectivity index (χ4n) is 2.22. The van der Waals surface area contributed by atoms with Gasteiger partial charge in [0.1, 0.15) is 0 Å². The van der Waals surface area contributed by atoms with Crippen molar-refractivity contribution < 1.29 is 20.1 Å². The standard InChI is InChI=1S/C20H34O4/c1-2-3-12-15-18(21)19(22)16-13-10-8-6-4-5-7-9-11-14-17-20(23)24/h4,6-7,9-10,13,18-19,21-22H,2-3,5,8,11-12,14-17H2,1H3,(H,23,24)/b6-4+,9-7+,13-10+/t18-,19-/m0/s1. The van der Waals surface area contributed by atoms with E-state index in [9.17, 15) is 15.0 Å². The first-order valence-corrected chi connectivity index (χ1v) is 9.10. The summed E-state index contributed by atoms with van der Waals surface area (Å²) < 4.78 is 0. The van der Waals surface area contributed by atoms with Crippen molar-refractivity contribution in [2.24, 2.45) is 0 Å². The molecule has 3 N–H and O–H groups in total. The molecule has 138 valence electrons. The maximum absolute atomic E-state index is 10.3. The van der Waals surface area contributed by atoms with E-state index in [-0.39, 0.29) is 6.42 Å². The maximum atomic E-state index is 10.3. The van der Waals surface area contributed by atoms with Gasteiger partial charge in [-0.25, -0.2) is 0 Å². The van der Waals surface area contributed by atoms with Crippen LogP contribution in [-0.2, 0) is 4.79 Å². The predicted molar refractivity (Wildman–Crippen MR) is 98.9 cm³/mol. The number of carbonyl (C=O) groups is 1. The number of aliphatic carboxylic acids is 1. The first kappa shape index (κ1) is 22.6. The summed E-state index contributed by atoms with van der Waals surface area (Å²) in [5.74, 6) is -0.742. The van der Waals surface area contributed by atoms with Crippen LogP contribution in [0, 0.1) is 0 Å². The molecule has 0 fully saturated rings.